The van der Waals surface area contributed by atoms with Crippen LogP contribution < -0.4 is 0 Å². The zero-order valence-electron chi connectivity index (χ0n) is 13.6. The SMILES string of the molecule is CS(=O)(=O)c1c(F)cc(-c2c(-c3cc(Cl)cc(Cl)c3)noc2CF)cc1F. The zero-order chi connectivity index (χ0) is 19.9. The lowest BCUT2D eigenvalue weighted by atomic mass is 9.99. The van der Waals surface area contributed by atoms with Crippen LogP contribution in [0, 0.1) is 11.6 Å². The maximum atomic E-state index is 14.3. The zero-order valence-corrected chi connectivity index (χ0v) is 15.9. The average molecular weight is 436 g/mol. The molecule has 0 fully saturated rings. The predicted octanol–water partition coefficient (Wildman–Crippen LogP) is 5.47. The highest BCUT2D eigenvalue weighted by Crippen LogP contribution is 2.38. The van der Waals surface area contributed by atoms with Crippen LogP contribution in [0.15, 0.2) is 39.8 Å². The van der Waals surface area contributed by atoms with Gasteiger partial charge in [-0.2, -0.15) is 0 Å². The fourth-order valence-electron chi connectivity index (χ4n) is 2.66. The summed E-state index contributed by atoms with van der Waals surface area (Å²) in [5.41, 5.74) is 0.211. The second-order valence-electron chi connectivity index (χ2n) is 5.66. The number of benzene rings is 2. The molecule has 3 rings (SSSR count). The van der Waals surface area contributed by atoms with Crippen LogP contribution in [0.5, 0.6) is 0 Å². The minimum absolute atomic E-state index is 0.0336. The van der Waals surface area contributed by atoms with Crippen molar-refractivity contribution in [1.82, 2.24) is 5.16 Å². The quantitative estimate of drug-likeness (QED) is 0.545. The number of rotatable bonds is 4. The van der Waals surface area contributed by atoms with Gasteiger partial charge in [0.15, 0.2) is 22.3 Å². The Bertz CT molecular complexity index is 1100. The lowest BCUT2D eigenvalue weighted by Gasteiger charge is -2.08. The van der Waals surface area contributed by atoms with Gasteiger partial charge >= 0.3 is 0 Å². The second-order valence-corrected chi connectivity index (χ2v) is 8.49. The molecular weight excluding hydrogens is 426 g/mol. The van der Waals surface area contributed by atoms with Gasteiger partial charge in [0.2, 0.25) is 0 Å². The van der Waals surface area contributed by atoms with E-state index in [2.05, 4.69) is 5.16 Å². The van der Waals surface area contributed by atoms with Gasteiger partial charge in [0.1, 0.15) is 22.2 Å². The van der Waals surface area contributed by atoms with Crippen LogP contribution >= 0.6 is 23.2 Å². The van der Waals surface area contributed by atoms with Crippen molar-refractivity contribution >= 4 is 33.0 Å². The van der Waals surface area contributed by atoms with Gasteiger partial charge in [-0.1, -0.05) is 28.4 Å². The number of hydrogen-bond acceptors (Lipinski definition) is 4. The molecule has 0 radical (unpaired) electrons. The first-order valence-corrected chi connectivity index (χ1v) is 9.97. The van der Waals surface area contributed by atoms with Crippen LogP contribution in [0.4, 0.5) is 13.2 Å². The third kappa shape index (κ3) is 3.83. The van der Waals surface area contributed by atoms with Crippen molar-refractivity contribution in [2.45, 2.75) is 11.6 Å². The number of alkyl halides is 1. The van der Waals surface area contributed by atoms with Crippen molar-refractivity contribution in [2.75, 3.05) is 6.26 Å². The fraction of sp³-hybridized carbons (Fsp3) is 0.118. The van der Waals surface area contributed by atoms with Crippen LogP contribution in [0.2, 0.25) is 10.0 Å². The summed E-state index contributed by atoms with van der Waals surface area (Å²) in [6.45, 7) is -1.10. The third-order valence-corrected chi connectivity index (χ3v) is 5.25. The molecule has 3 aromatic rings. The van der Waals surface area contributed by atoms with E-state index in [1.165, 1.54) is 18.2 Å². The van der Waals surface area contributed by atoms with E-state index in [1.807, 2.05) is 0 Å². The summed E-state index contributed by atoms with van der Waals surface area (Å²) in [4.78, 5) is -1.07. The van der Waals surface area contributed by atoms with Crippen LogP contribution in [0.25, 0.3) is 22.4 Å². The third-order valence-electron chi connectivity index (χ3n) is 3.68. The van der Waals surface area contributed by atoms with E-state index in [4.69, 9.17) is 27.7 Å². The van der Waals surface area contributed by atoms with Crippen LogP contribution in [0.3, 0.4) is 0 Å². The van der Waals surface area contributed by atoms with Gasteiger partial charge in [-0.15, -0.1) is 0 Å². The minimum Gasteiger partial charge on any atom is -0.357 e. The van der Waals surface area contributed by atoms with Crippen molar-refractivity contribution < 1.29 is 26.1 Å². The van der Waals surface area contributed by atoms with E-state index in [0.29, 0.717) is 11.8 Å². The summed E-state index contributed by atoms with van der Waals surface area (Å²) < 4.78 is 70.0. The fourth-order valence-corrected chi connectivity index (χ4v) is 4.01. The number of aromatic nitrogens is 1. The van der Waals surface area contributed by atoms with Gasteiger partial charge < -0.3 is 4.52 Å². The van der Waals surface area contributed by atoms with E-state index in [1.54, 1.807) is 0 Å². The van der Waals surface area contributed by atoms with Gasteiger partial charge in [-0.3, -0.25) is 0 Å². The normalized spacial score (nSPS) is 11.8. The van der Waals surface area contributed by atoms with E-state index < -0.39 is 33.0 Å². The maximum Gasteiger partial charge on any atom is 0.181 e. The van der Waals surface area contributed by atoms with E-state index in [9.17, 15) is 21.6 Å². The number of hydrogen-bond donors (Lipinski definition) is 0. The molecule has 27 heavy (non-hydrogen) atoms. The summed E-state index contributed by atoms with van der Waals surface area (Å²) in [5, 5.41) is 4.28. The molecule has 0 aliphatic heterocycles. The molecule has 2 aromatic carbocycles. The minimum atomic E-state index is -4.14. The molecule has 0 spiro atoms. The summed E-state index contributed by atoms with van der Waals surface area (Å²) >= 11 is 11.9. The molecule has 1 aromatic heterocycles. The molecular formula is C17H10Cl2F3NO3S. The van der Waals surface area contributed by atoms with Crippen LogP contribution in [-0.4, -0.2) is 19.8 Å². The summed E-state index contributed by atoms with van der Waals surface area (Å²) in [6.07, 6.45) is 0.681. The maximum absolute atomic E-state index is 14.3. The Labute approximate surface area is 162 Å². The van der Waals surface area contributed by atoms with Crippen molar-refractivity contribution in [3.05, 3.63) is 57.8 Å². The molecule has 0 N–H and O–H groups in total. The van der Waals surface area contributed by atoms with Gasteiger partial charge in [-0.05, 0) is 35.9 Å². The molecule has 4 nitrogen and oxygen atoms in total. The van der Waals surface area contributed by atoms with Gasteiger partial charge in [0, 0.05) is 21.9 Å². The number of halogens is 5. The van der Waals surface area contributed by atoms with Crippen molar-refractivity contribution in [3.8, 4) is 22.4 Å². The highest BCUT2D eigenvalue weighted by atomic mass is 35.5. The molecule has 0 atom stereocenters. The lowest BCUT2D eigenvalue weighted by Crippen LogP contribution is -2.05. The molecule has 0 saturated carbocycles. The second kappa shape index (κ2) is 7.18. The lowest BCUT2D eigenvalue weighted by molar-refractivity contribution is 0.332. The molecule has 0 aliphatic rings. The van der Waals surface area contributed by atoms with Crippen LogP contribution in [0.1, 0.15) is 5.76 Å². The van der Waals surface area contributed by atoms with Gasteiger partial charge in [0.25, 0.3) is 0 Å². The van der Waals surface area contributed by atoms with Gasteiger partial charge in [-0.25, -0.2) is 21.6 Å². The molecule has 0 unspecified atom stereocenters. The topological polar surface area (TPSA) is 60.2 Å². The molecule has 142 valence electrons. The van der Waals surface area contributed by atoms with E-state index in [0.717, 1.165) is 12.1 Å². The molecule has 0 amide bonds. The Morgan fingerprint density at radius 1 is 1.00 bits per heavy atom. The predicted molar refractivity (Wildman–Crippen MR) is 95.2 cm³/mol. The van der Waals surface area contributed by atoms with Crippen LogP contribution in [-0.2, 0) is 16.5 Å². The molecule has 0 bridgehead atoms. The summed E-state index contributed by atoms with van der Waals surface area (Å²) in [6, 6.07) is 5.95. The Kier molecular flexibility index (Phi) is 5.24. The van der Waals surface area contributed by atoms with Gasteiger partial charge in [0.05, 0.1) is 5.56 Å². The van der Waals surface area contributed by atoms with Crippen molar-refractivity contribution in [3.63, 3.8) is 0 Å². The first-order chi connectivity index (χ1) is 12.6. The van der Waals surface area contributed by atoms with Crippen molar-refractivity contribution in [1.29, 1.82) is 0 Å². The van der Waals surface area contributed by atoms with E-state index in [-0.39, 0.29) is 32.6 Å². The summed E-state index contributed by atoms with van der Waals surface area (Å²) in [7, 11) is -4.14. The first-order valence-electron chi connectivity index (χ1n) is 7.32. The highest BCUT2D eigenvalue weighted by Gasteiger charge is 2.25. The Hall–Kier alpha value is -2.03. The Morgan fingerprint density at radius 3 is 2.04 bits per heavy atom. The van der Waals surface area contributed by atoms with Crippen molar-refractivity contribution in [2.24, 2.45) is 0 Å². The average Bonchev–Trinajstić information content (AvgIpc) is 2.95. The monoisotopic (exact) mass is 435 g/mol. The first kappa shape index (κ1) is 19.7. The number of sulfone groups is 1. The Balaban J connectivity index is 2.28. The number of nitrogens with zero attached hydrogens (tertiary/aromatic N) is 1. The Morgan fingerprint density at radius 2 is 1.56 bits per heavy atom. The molecule has 10 heteroatoms. The summed E-state index contributed by atoms with van der Waals surface area (Å²) in [5.74, 6) is -2.91. The molecule has 0 aliphatic carbocycles. The largest absolute Gasteiger partial charge is 0.357 e. The smallest absolute Gasteiger partial charge is 0.181 e. The molecule has 0 saturated heterocycles. The van der Waals surface area contributed by atoms with E-state index >= 15 is 0 Å². The molecule has 1 heterocycles. The standard InChI is InChI=1S/C17H10Cl2F3NO3S/c1-27(24,25)17-12(21)4-8(5-13(17)22)15-14(7-20)26-23-16(15)9-2-10(18)6-11(19)3-9/h2-6H,7H2,1H3. The highest BCUT2D eigenvalue weighted by molar-refractivity contribution is 7.90.